The van der Waals surface area contributed by atoms with Gasteiger partial charge in [0, 0.05) is 0 Å². The lowest BCUT2D eigenvalue weighted by Crippen LogP contribution is -1.95. The second kappa shape index (κ2) is 5.78. The number of rotatable bonds is 4. The Morgan fingerprint density at radius 2 is 1.42 bits per heavy atom. The van der Waals surface area contributed by atoms with E-state index in [4.69, 9.17) is 19.5 Å². The molecule has 0 amide bonds. The fraction of sp³-hybridized carbons (Fsp3) is 0.133. The monoisotopic (exact) mass is 255 g/mol. The maximum absolute atomic E-state index is 9.06. The van der Waals surface area contributed by atoms with E-state index in [1.165, 1.54) is 0 Å². The van der Waals surface area contributed by atoms with Crippen molar-refractivity contribution in [2.75, 3.05) is 14.2 Å². The largest absolute Gasteiger partial charge is 0.493 e. The maximum atomic E-state index is 9.06. The van der Waals surface area contributed by atoms with Gasteiger partial charge in [-0.3, -0.25) is 0 Å². The molecule has 0 radical (unpaired) electrons. The third-order valence-electron chi connectivity index (χ3n) is 2.60. The molecule has 2 rings (SSSR count). The summed E-state index contributed by atoms with van der Waals surface area (Å²) < 4.78 is 16.3. The van der Waals surface area contributed by atoms with Gasteiger partial charge in [0.05, 0.1) is 19.8 Å². The van der Waals surface area contributed by atoms with E-state index in [9.17, 15) is 0 Å². The smallest absolute Gasteiger partial charge is 0.211 e. The van der Waals surface area contributed by atoms with Crippen molar-refractivity contribution in [1.29, 1.82) is 5.26 Å². The van der Waals surface area contributed by atoms with Crippen molar-refractivity contribution in [3.8, 4) is 29.1 Å². The van der Waals surface area contributed by atoms with Gasteiger partial charge in [0.2, 0.25) is 5.75 Å². The van der Waals surface area contributed by atoms with Crippen molar-refractivity contribution in [3.63, 3.8) is 0 Å². The minimum Gasteiger partial charge on any atom is -0.493 e. The normalized spacial score (nSPS) is 9.53. The molecule has 0 N–H and O–H groups in total. The van der Waals surface area contributed by atoms with Crippen LogP contribution in [0, 0.1) is 11.3 Å². The minimum atomic E-state index is 0.454. The van der Waals surface area contributed by atoms with Crippen LogP contribution in [0.2, 0.25) is 0 Å². The third-order valence-corrected chi connectivity index (χ3v) is 2.60. The Hall–Kier alpha value is -2.67. The Morgan fingerprint density at radius 1 is 0.842 bits per heavy atom. The molecular formula is C15H13NO3. The highest BCUT2D eigenvalue weighted by molar-refractivity contribution is 5.55. The molecule has 0 heterocycles. The van der Waals surface area contributed by atoms with E-state index in [2.05, 4.69) is 6.07 Å². The molecule has 0 aromatic heterocycles. The average Bonchev–Trinajstić information content (AvgIpc) is 2.48. The van der Waals surface area contributed by atoms with Gasteiger partial charge in [0.25, 0.3) is 0 Å². The van der Waals surface area contributed by atoms with E-state index in [1.807, 2.05) is 0 Å². The summed E-state index contributed by atoms with van der Waals surface area (Å²) in [6.45, 7) is 0. The zero-order valence-corrected chi connectivity index (χ0v) is 10.7. The summed E-state index contributed by atoms with van der Waals surface area (Å²) in [7, 11) is 3.11. The fourth-order valence-corrected chi connectivity index (χ4v) is 1.68. The molecular weight excluding hydrogens is 242 g/mol. The summed E-state index contributed by atoms with van der Waals surface area (Å²) in [6.07, 6.45) is 0. The molecule has 0 bridgehead atoms. The highest BCUT2D eigenvalue weighted by Crippen LogP contribution is 2.40. The second-order valence-corrected chi connectivity index (χ2v) is 3.70. The molecule has 0 fully saturated rings. The Labute approximate surface area is 111 Å². The first-order chi connectivity index (χ1) is 9.30. The number of benzene rings is 2. The molecule has 0 saturated heterocycles. The van der Waals surface area contributed by atoms with Gasteiger partial charge >= 0.3 is 0 Å². The molecule has 0 aliphatic rings. The van der Waals surface area contributed by atoms with Crippen molar-refractivity contribution in [2.24, 2.45) is 0 Å². The van der Waals surface area contributed by atoms with E-state index < -0.39 is 0 Å². The van der Waals surface area contributed by atoms with E-state index in [0.29, 0.717) is 28.6 Å². The molecule has 2 aromatic rings. The van der Waals surface area contributed by atoms with Crippen molar-refractivity contribution in [3.05, 3.63) is 48.0 Å². The van der Waals surface area contributed by atoms with E-state index in [0.717, 1.165) is 0 Å². The lowest BCUT2D eigenvalue weighted by molar-refractivity contribution is 0.346. The molecule has 0 atom stereocenters. The zero-order chi connectivity index (χ0) is 13.7. The van der Waals surface area contributed by atoms with Crippen LogP contribution in [0.4, 0.5) is 0 Å². The van der Waals surface area contributed by atoms with Crippen LogP contribution in [0.15, 0.2) is 42.5 Å². The fourth-order valence-electron chi connectivity index (χ4n) is 1.68. The van der Waals surface area contributed by atoms with E-state index in [-0.39, 0.29) is 0 Å². The molecule has 0 spiro atoms. The highest BCUT2D eigenvalue weighted by Gasteiger charge is 2.13. The number of nitrogens with zero attached hydrogens (tertiary/aromatic N) is 1. The highest BCUT2D eigenvalue weighted by atomic mass is 16.5. The lowest BCUT2D eigenvalue weighted by atomic mass is 10.2. The van der Waals surface area contributed by atoms with Crippen LogP contribution in [0.1, 0.15) is 5.56 Å². The summed E-state index contributed by atoms with van der Waals surface area (Å²) in [6, 6.07) is 14.4. The van der Waals surface area contributed by atoms with Gasteiger partial charge in [-0.1, -0.05) is 18.2 Å². The summed E-state index contributed by atoms with van der Waals surface area (Å²) in [5, 5.41) is 9.06. The van der Waals surface area contributed by atoms with Crippen LogP contribution in [0.25, 0.3) is 0 Å². The number of hydrogen-bond donors (Lipinski definition) is 0. The predicted octanol–water partition coefficient (Wildman–Crippen LogP) is 3.37. The van der Waals surface area contributed by atoms with Crippen molar-refractivity contribution in [2.45, 2.75) is 0 Å². The van der Waals surface area contributed by atoms with Crippen LogP contribution in [-0.2, 0) is 0 Å². The lowest BCUT2D eigenvalue weighted by Gasteiger charge is -2.14. The van der Waals surface area contributed by atoms with Gasteiger partial charge < -0.3 is 14.2 Å². The zero-order valence-electron chi connectivity index (χ0n) is 10.7. The first-order valence-corrected chi connectivity index (χ1v) is 5.68. The standard InChI is InChI=1S/C15H13NO3/c1-17-13-8-5-9-14(18-2)15(13)19-12-7-4-3-6-11(12)10-16/h3-9H,1-2H3. The van der Waals surface area contributed by atoms with Gasteiger partial charge in [0.1, 0.15) is 11.8 Å². The van der Waals surface area contributed by atoms with Crippen molar-refractivity contribution < 1.29 is 14.2 Å². The second-order valence-electron chi connectivity index (χ2n) is 3.70. The van der Waals surface area contributed by atoms with E-state index >= 15 is 0 Å². The van der Waals surface area contributed by atoms with Crippen molar-refractivity contribution >= 4 is 0 Å². The Kier molecular flexibility index (Phi) is 3.89. The number of ether oxygens (including phenoxy) is 3. The minimum absolute atomic E-state index is 0.454. The molecule has 0 aliphatic heterocycles. The number of para-hydroxylation sites is 2. The number of methoxy groups -OCH3 is 2. The van der Waals surface area contributed by atoms with Gasteiger partial charge in [-0.2, -0.15) is 5.26 Å². The van der Waals surface area contributed by atoms with Gasteiger partial charge in [0.15, 0.2) is 11.5 Å². The van der Waals surface area contributed by atoms with Gasteiger partial charge in [-0.05, 0) is 24.3 Å². The Bertz CT molecular complexity index is 595. The van der Waals surface area contributed by atoms with Crippen LogP contribution in [0.3, 0.4) is 0 Å². The van der Waals surface area contributed by atoms with Crippen molar-refractivity contribution in [1.82, 2.24) is 0 Å². The topological polar surface area (TPSA) is 51.5 Å². The van der Waals surface area contributed by atoms with E-state index in [1.54, 1.807) is 56.7 Å². The first-order valence-electron chi connectivity index (χ1n) is 5.68. The predicted molar refractivity (Wildman–Crippen MR) is 70.8 cm³/mol. The van der Waals surface area contributed by atoms with Crippen LogP contribution < -0.4 is 14.2 Å². The number of nitriles is 1. The molecule has 4 heteroatoms. The SMILES string of the molecule is COc1cccc(OC)c1Oc1ccccc1C#N. The number of hydrogen-bond acceptors (Lipinski definition) is 4. The van der Waals surface area contributed by atoms with Crippen LogP contribution in [-0.4, -0.2) is 14.2 Å². The van der Waals surface area contributed by atoms with Gasteiger partial charge in [-0.15, -0.1) is 0 Å². The van der Waals surface area contributed by atoms with Gasteiger partial charge in [-0.25, -0.2) is 0 Å². The van der Waals surface area contributed by atoms with Crippen LogP contribution in [0.5, 0.6) is 23.0 Å². The quantitative estimate of drug-likeness (QED) is 0.840. The summed E-state index contributed by atoms with van der Waals surface area (Å²) >= 11 is 0. The summed E-state index contributed by atoms with van der Waals surface area (Å²) in [5.41, 5.74) is 0.454. The average molecular weight is 255 g/mol. The molecule has 0 unspecified atom stereocenters. The summed E-state index contributed by atoms with van der Waals surface area (Å²) in [5.74, 6) is 2.02. The summed E-state index contributed by atoms with van der Waals surface area (Å²) in [4.78, 5) is 0. The first kappa shape index (κ1) is 12.8. The van der Waals surface area contributed by atoms with Crippen LogP contribution >= 0.6 is 0 Å². The third kappa shape index (κ3) is 2.61. The molecule has 0 saturated carbocycles. The molecule has 4 nitrogen and oxygen atoms in total. The maximum Gasteiger partial charge on any atom is 0.211 e. The Balaban J connectivity index is 2.46. The molecule has 19 heavy (non-hydrogen) atoms. The Morgan fingerprint density at radius 3 is 2.00 bits per heavy atom. The molecule has 0 aliphatic carbocycles. The molecule has 2 aromatic carbocycles. The molecule has 96 valence electrons.